The molecular formula is C17H19N. The van der Waals surface area contributed by atoms with Crippen LogP contribution in [0.5, 0.6) is 0 Å². The van der Waals surface area contributed by atoms with Gasteiger partial charge in [0.15, 0.2) is 0 Å². The second-order valence-electron chi connectivity index (χ2n) is 4.61. The van der Waals surface area contributed by atoms with E-state index in [4.69, 9.17) is 0 Å². The van der Waals surface area contributed by atoms with Crippen LogP contribution in [0.15, 0.2) is 66.9 Å². The van der Waals surface area contributed by atoms with Crippen LogP contribution in [0.25, 0.3) is 0 Å². The quantitative estimate of drug-likeness (QED) is 0.833. The van der Waals surface area contributed by atoms with E-state index in [1.807, 2.05) is 6.07 Å². The lowest BCUT2D eigenvalue weighted by atomic mass is 10.1. The number of allylic oxidation sites excluding steroid dienone is 1. The molecule has 0 aliphatic rings. The highest BCUT2D eigenvalue weighted by molar-refractivity contribution is 5.25. The molecule has 0 radical (unpaired) electrons. The number of rotatable bonds is 5. The summed E-state index contributed by atoms with van der Waals surface area (Å²) >= 11 is 0. The summed E-state index contributed by atoms with van der Waals surface area (Å²) in [6.07, 6.45) is 0.883. The zero-order valence-corrected chi connectivity index (χ0v) is 10.8. The zero-order valence-electron chi connectivity index (χ0n) is 10.8. The van der Waals surface area contributed by atoms with Crippen LogP contribution in [-0.2, 0) is 13.0 Å². The predicted octanol–water partition coefficient (Wildman–Crippen LogP) is 3.84. The SMILES string of the molecule is C=C(Cc1cccc(C)c1)NCc1ccccc1. The van der Waals surface area contributed by atoms with E-state index in [-0.39, 0.29) is 0 Å². The average Bonchev–Trinajstić information content (AvgIpc) is 2.38. The Morgan fingerprint density at radius 2 is 1.72 bits per heavy atom. The number of benzene rings is 2. The van der Waals surface area contributed by atoms with Gasteiger partial charge in [0.1, 0.15) is 0 Å². The van der Waals surface area contributed by atoms with E-state index in [9.17, 15) is 0 Å². The molecular weight excluding hydrogens is 218 g/mol. The average molecular weight is 237 g/mol. The molecule has 0 atom stereocenters. The third-order valence-corrected chi connectivity index (χ3v) is 2.89. The number of nitrogens with one attached hydrogen (secondary N) is 1. The summed E-state index contributed by atoms with van der Waals surface area (Å²) < 4.78 is 0. The largest absolute Gasteiger partial charge is 0.384 e. The highest BCUT2D eigenvalue weighted by atomic mass is 14.9. The van der Waals surface area contributed by atoms with Gasteiger partial charge in [-0.05, 0) is 18.1 Å². The van der Waals surface area contributed by atoms with Crippen molar-refractivity contribution < 1.29 is 0 Å². The van der Waals surface area contributed by atoms with Gasteiger partial charge in [0.2, 0.25) is 0 Å². The van der Waals surface area contributed by atoms with Crippen molar-refractivity contribution in [2.45, 2.75) is 19.9 Å². The molecule has 0 spiro atoms. The Morgan fingerprint density at radius 3 is 2.44 bits per heavy atom. The second-order valence-corrected chi connectivity index (χ2v) is 4.61. The Kier molecular flexibility index (Phi) is 4.19. The van der Waals surface area contributed by atoms with E-state index < -0.39 is 0 Å². The summed E-state index contributed by atoms with van der Waals surface area (Å²) in [5, 5.41) is 3.37. The van der Waals surface area contributed by atoms with E-state index in [2.05, 4.69) is 67.4 Å². The predicted molar refractivity (Wildman–Crippen MR) is 77.3 cm³/mol. The third kappa shape index (κ3) is 3.77. The first-order valence-corrected chi connectivity index (χ1v) is 6.25. The molecule has 2 aromatic carbocycles. The van der Waals surface area contributed by atoms with Gasteiger partial charge in [-0.3, -0.25) is 0 Å². The molecule has 2 rings (SSSR count). The van der Waals surface area contributed by atoms with Crippen molar-refractivity contribution in [3.63, 3.8) is 0 Å². The van der Waals surface area contributed by atoms with Gasteiger partial charge in [0.05, 0.1) is 0 Å². The number of hydrogen-bond acceptors (Lipinski definition) is 1. The summed E-state index contributed by atoms with van der Waals surface area (Å²) in [6, 6.07) is 18.9. The summed E-state index contributed by atoms with van der Waals surface area (Å²) in [6.45, 7) is 7.04. The van der Waals surface area contributed by atoms with Crippen LogP contribution < -0.4 is 5.32 Å². The lowest BCUT2D eigenvalue weighted by molar-refractivity contribution is 0.786. The molecule has 0 aliphatic heterocycles. The molecule has 0 aromatic heterocycles. The van der Waals surface area contributed by atoms with Crippen LogP contribution in [0.3, 0.4) is 0 Å². The van der Waals surface area contributed by atoms with Gasteiger partial charge in [-0.2, -0.15) is 0 Å². The normalized spacial score (nSPS) is 10.1. The zero-order chi connectivity index (χ0) is 12.8. The molecule has 1 N–H and O–H groups in total. The van der Waals surface area contributed by atoms with E-state index in [1.165, 1.54) is 16.7 Å². The van der Waals surface area contributed by atoms with Crippen molar-refractivity contribution in [3.05, 3.63) is 83.6 Å². The minimum absolute atomic E-state index is 0.839. The summed E-state index contributed by atoms with van der Waals surface area (Å²) in [5.41, 5.74) is 4.94. The molecule has 1 nitrogen and oxygen atoms in total. The van der Waals surface area contributed by atoms with Gasteiger partial charge in [-0.25, -0.2) is 0 Å². The molecule has 0 unspecified atom stereocenters. The van der Waals surface area contributed by atoms with Crippen molar-refractivity contribution in [1.29, 1.82) is 0 Å². The maximum absolute atomic E-state index is 4.08. The third-order valence-electron chi connectivity index (χ3n) is 2.89. The Hall–Kier alpha value is -2.02. The molecule has 2 aromatic rings. The Labute approximate surface area is 109 Å². The van der Waals surface area contributed by atoms with E-state index >= 15 is 0 Å². The standard InChI is InChI=1S/C17H19N/c1-14-7-6-10-17(11-14)12-15(2)18-13-16-8-4-3-5-9-16/h3-11,18H,2,12-13H2,1H3. The Morgan fingerprint density at radius 1 is 1.00 bits per heavy atom. The maximum atomic E-state index is 4.08. The van der Waals surface area contributed by atoms with Crippen molar-refractivity contribution >= 4 is 0 Å². The lowest BCUT2D eigenvalue weighted by Gasteiger charge is -2.10. The molecule has 0 saturated carbocycles. The minimum Gasteiger partial charge on any atom is -0.384 e. The van der Waals surface area contributed by atoms with Crippen LogP contribution in [0.4, 0.5) is 0 Å². The van der Waals surface area contributed by atoms with Crippen LogP contribution >= 0.6 is 0 Å². The topological polar surface area (TPSA) is 12.0 Å². The van der Waals surface area contributed by atoms with E-state index in [0.717, 1.165) is 18.7 Å². The fourth-order valence-electron chi connectivity index (χ4n) is 1.95. The van der Waals surface area contributed by atoms with Gasteiger partial charge in [0, 0.05) is 18.7 Å². The summed E-state index contributed by atoms with van der Waals surface area (Å²) in [5.74, 6) is 0. The van der Waals surface area contributed by atoms with E-state index in [0.29, 0.717) is 0 Å². The summed E-state index contributed by atoms with van der Waals surface area (Å²) in [4.78, 5) is 0. The fourth-order valence-corrected chi connectivity index (χ4v) is 1.95. The van der Waals surface area contributed by atoms with Crippen molar-refractivity contribution in [1.82, 2.24) is 5.32 Å². The number of aryl methyl sites for hydroxylation is 1. The van der Waals surface area contributed by atoms with Crippen molar-refractivity contribution in [2.75, 3.05) is 0 Å². The smallest absolute Gasteiger partial charge is 0.0397 e. The Balaban J connectivity index is 1.86. The molecule has 0 fully saturated rings. The molecule has 18 heavy (non-hydrogen) atoms. The highest BCUT2D eigenvalue weighted by Crippen LogP contribution is 2.08. The van der Waals surface area contributed by atoms with Crippen molar-refractivity contribution in [3.8, 4) is 0 Å². The monoisotopic (exact) mass is 237 g/mol. The van der Waals surface area contributed by atoms with Crippen LogP contribution in [0.2, 0.25) is 0 Å². The molecule has 0 aliphatic carbocycles. The van der Waals surface area contributed by atoms with Crippen LogP contribution in [-0.4, -0.2) is 0 Å². The molecule has 92 valence electrons. The van der Waals surface area contributed by atoms with E-state index in [1.54, 1.807) is 0 Å². The molecule has 0 saturated heterocycles. The van der Waals surface area contributed by atoms with Gasteiger partial charge in [0.25, 0.3) is 0 Å². The second kappa shape index (κ2) is 6.06. The molecule has 0 heterocycles. The Bertz CT molecular complexity index is 514. The summed E-state index contributed by atoms with van der Waals surface area (Å²) in [7, 11) is 0. The molecule has 1 heteroatoms. The fraction of sp³-hybridized carbons (Fsp3) is 0.176. The molecule has 0 amide bonds. The highest BCUT2D eigenvalue weighted by Gasteiger charge is 1.98. The first-order chi connectivity index (χ1) is 8.74. The van der Waals surface area contributed by atoms with Gasteiger partial charge >= 0.3 is 0 Å². The maximum Gasteiger partial charge on any atom is 0.0397 e. The first kappa shape index (κ1) is 12.4. The number of hydrogen-bond donors (Lipinski definition) is 1. The molecule has 0 bridgehead atoms. The lowest BCUT2D eigenvalue weighted by Crippen LogP contribution is -2.13. The van der Waals surface area contributed by atoms with Crippen LogP contribution in [0, 0.1) is 6.92 Å². The minimum atomic E-state index is 0.839. The first-order valence-electron chi connectivity index (χ1n) is 6.25. The van der Waals surface area contributed by atoms with Crippen LogP contribution in [0.1, 0.15) is 16.7 Å². The van der Waals surface area contributed by atoms with Gasteiger partial charge in [-0.15, -0.1) is 0 Å². The van der Waals surface area contributed by atoms with Gasteiger partial charge < -0.3 is 5.32 Å². The van der Waals surface area contributed by atoms with Gasteiger partial charge in [-0.1, -0.05) is 66.7 Å². The van der Waals surface area contributed by atoms with Crippen molar-refractivity contribution in [2.24, 2.45) is 0 Å².